The molecule has 0 spiro atoms. The van der Waals surface area contributed by atoms with Gasteiger partial charge in [0.05, 0.1) is 11.9 Å². The quantitative estimate of drug-likeness (QED) is 0.610. The normalized spacial score (nSPS) is 12.5. The number of aliphatic hydroxyl groups excluding tert-OH is 1. The van der Waals surface area contributed by atoms with Gasteiger partial charge in [0, 0.05) is 6.54 Å². The lowest BCUT2D eigenvalue weighted by atomic mass is 10.4. The van der Waals surface area contributed by atoms with E-state index in [4.69, 9.17) is 5.11 Å². The minimum absolute atomic E-state index is 0.0157. The lowest BCUT2D eigenvalue weighted by molar-refractivity contribution is -0.118. The van der Waals surface area contributed by atoms with Crippen LogP contribution in [0.2, 0.25) is 0 Å². The molecule has 0 heterocycles. The first kappa shape index (κ1) is 12.8. The van der Waals surface area contributed by atoms with E-state index >= 15 is 0 Å². The Morgan fingerprint density at radius 3 is 2.85 bits per heavy atom. The Morgan fingerprint density at radius 1 is 1.62 bits per heavy atom. The first-order valence-corrected chi connectivity index (χ1v) is 5.84. The standard InChI is InChI=1S/C9H19NO2S/c1-3-4-5-13-7-9(12)10-6-8(2)11/h8,11H,3-7H2,1-2H3,(H,10,12)/t8-/m0/s1. The van der Waals surface area contributed by atoms with Crippen LogP contribution >= 0.6 is 11.8 Å². The molecule has 0 aromatic rings. The fraction of sp³-hybridized carbons (Fsp3) is 0.889. The number of unbranched alkanes of at least 4 members (excludes halogenated alkanes) is 1. The van der Waals surface area contributed by atoms with Crippen LogP contribution in [0.25, 0.3) is 0 Å². The van der Waals surface area contributed by atoms with Gasteiger partial charge < -0.3 is 10.4 Å². The van der Waals surface area contributed by atoms with Crippen molar-refractivity contribution in [2.75, 3.05) is 18.1 Å². The predicted octanol–water partition coefficient (Wildman–Crippen LogP) is 1.02. The van der Waals surface area contributed by atoms with Crippen molar-refractivity contribution in [1.29, 1.82) is 0 Å². The number of aliphatic hydroxyl groups is 1. The second-order valence-corrected chi connectivity index (χ2v) is 4.16. The molecule has 1 amide bonds. The van der Waals surface area contributed by atoms with Gasteiger partial charge in [-0.05, 0) is 19.1 Å². The summed E-state index contributed by atoms with van der Waals surface area (Å²) >= 11 is 1.64. The number of carbonyl (C=O) groups excluding carboxylic acids is 1. The van der Waals surface area contributed by atoms with E-state index in [1.807, 2.05) is 0 Å². The molecule has 0 aliphatic rings. The molecule has 3 nitrogen and oxygen atoms in total. The average molecular weight is 205 g/mol. The Bertz CT molecular complexity index is 140. The number of hydrogen-bond donors (Lipinski definition) is 2. The van der Waals surface area contributed by atoms with E-state index in [0.29, 0.717) is 12.3 Å². The van der Waals surface area contributed by atoms with Crippen molar-refractivity contribution in [1.82, 2.24) is 5.32 Å². The highest BCUT2D eigenvalue weighted by molar-refractivity contribution is 7.99. The number of rotatable bonds is 7. The highest BCUT2D eigenvalue weighted by Gasteiger charge is 2.01. The van der Waals surface area contributed by atoms with Crippen molar-refractivity contribution in [3.63, 3.8) is 0 Å². The first-order valence-electron chi connectivity index (χ1n) is 4.69. The van der Waals surface area contributed by atoms with Crippen LogP contribution in [0.4, 0.5) is 0 Å². The van der Waals surface area contributed by atoms with Crippen LogP contribution in [0.5, 0.6) is 0 Å². The third-order valence-electron chi connectivity index (χ3n) is 1.47. The molecule has 2 N–H and O–H groups in total. The third-order valence-corrected chi connectivity index (χ3v) is 2.51. The molecule has 0 radical (unpaired) electrons. The van der Waals surface area contributed by atoms with Crippen molar-refractivity contribution in [2.24, 2.45) is 0 Å². The molecule has 1 atom stereocenters. The van der Waals surface area contributed by atoms with E-state index in [9.17, 15) is 4.79 Å². The molecular weight excluding hydrogens is 186 g/mol. The number of nitrogens with one attached hydrogen (secondary N) is 1. The summed E-state index contributed by atoms with van der Waals surface area (Å²) in [5, 5.41) is 11.5. The highest BCUT2D eigenvalue weighted by Crippen LogP contribution is 2.03. The number of carbonyl (C=O) groups is 1. The Kier molecular flexibility index (Phi) is 8.24. The molecule has 0 rings (SSSR count). The molecule has 0 aromatic carbocycles. The van der Waals surface area contributed by atoms with Crippen LogP contribution in [-0.4, -0.2) is 35.2 Å². The first-order chi connectivity index (χ1) is 6.16. The van der Waals surface area contributed by atoms with Gasteiger partial charge in [-0.2, -0.15) is 11.8 Å². The molecule has 0 unspecified atom stereocenters. The molecule has 13 heavy (non-hydrogen) atoms. The van der Waals surface area contributed by atoms with Gasteiger partial charge in [0.2, 0.25) is 5.91 Å². The largest absolute Gasteiger partial charge is 0.392 e. The van der Waals surface area contributed by atoms with Gasteiger partial charge in [-0.15, -0.1) is 0 Å². The summed E-state index contributed by atoms with van der Waals surface area (Å²) in [6, 6.07) is 0. The Balaban J connectivity index is 3.20. The fourth-order valence-corrected chi connectivity index (χ4v) is 1.65. The third kappa shape index (κ3) is 9.70. The van der Waals surface area contributed by atoms with E-state index in [-0.39, 0.29) is 5.91 Å². The Morgan fingerprint density at radius 2 is 2.31 bits per heavy atom. The second-order valence-electron chi connectivity index (χ2n) is 3.06. The lowest BCUT2D eigenvalue weighted by Crippen LogP contribution is -2.31. The van der Waals surface area contributed by atoms with Gasteiger partial charge >= 0.3 is 0 Å². The van der Waals surface area contributed by atoms with Crippen molar-refractivity contribution >= 4 is 17.7 Å². The van der Waals surface area contributed by atoms with E-state index < -0.39 is 6.10 Å². The summed E-state index contributed by atoms with van der Waals surface area (Å²) in [6.45, 7) is 4.14. The summed E-state index contributed by atoms with van der Waals surface area (Å²) in [6.07, 6.45) is 1.88. The highest BCUT2D eigenvalue weighted by atomic mass is 32.2. The van der Waals surface area contributed by atoms with E-state index in [1.54, 1.807) is 18.7 Å². The van der Waals surface area contributed by atoms with Crippen LogP contribution < -0.4 is 5.32 Å². The molecule has 0 bridgehead atoms. The van der Waals surface area contributed by atoms with Crippen LogP contribution in [-0.2, 0) is 4.79 Å². The van der Waals surface area contributed by atoms with Gasteiger partial charge in [-0.1, -0.05) is 13.3 Å². The maximum atomic E-state index is 11.1. The molecule has 0 aliphatic heterocycles. The minimum atomic E-state index is -0.454. The van der Waals surface area contributed by atoms with E-state index in [1.165, 1.54) is 6.42 Å². The molecule has 0 fully saturated rings. The lowest BCUT2D eigenvalue weighted by Gasteiger charge is -2.06. The number of amides is 1. The average Bonchev–Trinajstić information content (AvgIpc) is 2.09. The molecule has 0 aromatic heterocycles. The Labute approximate surface area is 84.3 Å². The van der Waals surface area contributed by atoms with Gasteiger partial charge in [-0.3, -0.25) is 4.79 Å². The summed E-state index contributed by atoms with van der Waals surface area (Å²) in [4.78, 5) is 11.1. The van der Waals surface area contributed by atoms with Gasteiger partial charge in [0.15, 0.2) is 0 Å². The van der Waals surface area contributed by atoms with Crippen LogP contribution in [0, 0.1) is 0 Å². The van der Waals surface area contributed by atoms with Crippen LogP contribution in [0.15, 0.2) is 0 Å². The maximum absolute atomic E-state index is 11.1. The molecule has 4 heteroatoms. The topological polar surface area (TPSA) is 49.3 Å². The van der Waals surface area contributed by atoms with Crippen molar-refractivity contribution < 1.29 is 9.90 Å². The maximum Gasteiger partial charge on any atom is 0.230 e. The fourth-order valence-electron chi connectivity index (χ4n) is 0.724. The second kappa shape index (κ2) is 8.38. The summed E-state index contributed by atoms with van der Waals surface area (Å²) in [7, 11) is 0. The van der Waals surface area contributed by atoms with Crippen molar-refractivity contribution in [3.05, 3.63) is 0 Å². The summed E-state index contributed by atoms with van der Waals surface area (Å²) in [5.74, 6) is 1.56. The zero-order valence-corrected chi connectivity index (χ0v) is 9.19. The van der Waals surface area contributed by atoms with E-state index in [2.05, 4.69) is 12.2 Å². The van der Waals surface area contributed by atoms with Gasteiger partial charge in [-0.25, -0.2) is 0 Å². The molecule has 0 aliphatic carbocycles. The van der Waals surface area contributed by atoms with Gasteiger partial charge in [0.25, 0.3) is 0 Å². The minimum Gasteiger partial charge on any atom is -0.392 e. The zero-order chi connectivity index (χ0) is 10.1. The summed E-state index contributed by atoms with van der Waals surface area (Å²) < 4.78 is 0. The predicted molar refractivity (Wildman–Crippen MR) is 56.9 cm³/mol. The Hall–Kier alpha value is -0.220. The molecular formula is C9H19NO2S. The smallest absolute Gasteiger partial charge is 0.230 e. The SMILES string of the molecule is CCCCSCC(=O)NC[C@H](C)O. The number of hydrogen-bond acceptors (Lipinski definition) is 3. The van der Waals surface area contributed by atoms with E-state index in [0.717, 1.165) is 12.2 Å². The zero-order valence-electron chi connectivity index (χ0n) is 8.38. The van der Waals surface area contributed by atoms with Crippen molar-refractivity contribution in [2.45, 2.75) is 32.8 Å². The van der Waals surface area contributed by atoms with Crippen molar-refractivity contribution in [3.8, 4) is 0 Å². The summed E-state index contributed by atoms with van der Waals surface area (Å²) in [5.41, 5.74) is 0. The number of thioether (sulfide) groups is 1. The van der Waals surface area contributed by atoms with Crippen LogP contribution in [0.1, 0.15) is 26.7 Å². The molecule has 0 saturated heterocycles. The van der Waals surface area contributed by atoms with Gasteiger partial charge in [0.1, 0.15) is 0 Å². The van der Waals surface area contributed by atoms with Crippen LogP contribution in [0.3, 0.4) is 0 Å². The monoisotopic (exact) mass is 205 g/mol. The molecule has 78 valence electrons. The molecule has 0 saturated carbocycles.